The van der Waals surface area contributed by atoms with Crippen LogP contribution in [0.25, 0.3) is 6.08 Å². The van der Waals surface area contributed by atoms with E-state index in [9.17, 15) is 5.11 Å². The molecule has 3 aromatic rings. The van der Waals surface area contributed by atoms with E-state index in [2.05, 4.69) is 16.8 Å². The first-order valence-corrected chi connectivity index (χ1v) is 12.0. The number of aryl methyl sites for hydroxylation is 1. The van der Waals surface area contributed by atoms with Gasteiger partial charge >= 0.3 is 0 Å². The molecule has 0 spiro atoms. The number of ether oxygens (including phenoxy) is 3. The minimum absolute atomic E-state index is 0.130. The standard InChI is InChI=1S/C26H31N3O4S/c1-5-8-20-11-12-23(24(15-20)31-4)33-16-21(30)18-34-26-28-27-25(29(26)13-6-2)17-32-22-10-7-9-19(3)14-22/h5-12,14-15,21,30H,2,13,16-18H2,1,3-4H3/b8-5+. The van der Waals surface area contributed by atoms with Crippen molar-refractivity contribution in [3.63, 3.8) is 0 Å². The molecule has 3 rings (SSSR count). The molecule has 0 fully saturated rings. The van der Waals surface area contributed by atoms with Gasteiger partial charge in [0.15, 0.2) is 22.5 Å². The van der Waals surface area contributed by atoms with Gasteiger partial charge in [-0.2, -0.15) is 0 Å². The highest BCUT2D eigenvalue weighted by atomic mass is 32.2. The Morgan fingerprint density at radius 2 is 2.00 bits per heavy atom. The smallest absolute Gasteiger partial charge is 0.191 e. The van der Waals surface area contributed by atoms with Crippen molar-refractivity contribution in [2.45, 2.75) is 38.3 Å². The van der Waals surface area contributed by atoms with Gasteiger partial charge in [-0.15, -0.1) is 16.8 Å². The normalized spacial score (nSPS) is 12.0. The summed E-state index contributed by atoms with van der Waals surface area (Å²) in [7, 11) is 1.60. The number of hydrogen-bond donors (Lipinski definition) is 1. The summed E-state index contributed by atoms with van der Waals surface area (Å²) >= 11 is 1.41. The van der Waals surface area contributed by atoms with Crippen LogP contribution in [0.5, 0.6) is 17.2 Å². The van der Waals surface area contributed by atoms with Gasteiger partial charge < -0.3 is 19.3 Å². The van der Waals surface area contributed by atoms with Crippen molar-refractivity contribution in [2.24, 2.45) is 0 Å². The van der Waals surface area contributed by atoms with Crippen molar-refractivity contribution < 1.29 is 19.3 Å². The summed E-state index contributed by atoms with van der Waals surface area (Å²) < 4.78 is 19.0. The number of aliphatic hydroxyl groups excluding tert-OH is 1. The highest BCUT2D eigenvalue weighted by molar-refractivity contribution is 7.99. The van der Waals surface area contributed by atoms with Gasteiger partial charge in [0, 0.05) is 12.3 Å². The highest BCUT2D eigenvalue weighted by Gasteiger charge is 2.16. The Labute approximate surface area is 205 Å². The number of hydrogen-bond acceptors (Lipinski definition) is 7. The van der Waals surface area contributed by atoms with Crippen LogP contribution in [0.1, 0.15) is 23.9 Å². The maximum absolute atomic E-state index is 10.5. The summed E-state index contributed by atoms with van der Waals surface area (Å²) in [6.45, 7) is 8.77. The van der Waals surface area contributed by atoms with E-state index in [0.29, 0.717) is 41.4 Å². The van der Waals surface area contributed by atoms with Crippen LogP contribution in [0.15, 0.2) is 66.4 Å². The molecule has 180 valence electrons. The van der Waals surface area contributed by atoms with Crippen LogP contribution in [0.3, 0.4) is 0 Å². The number of benzene rings is 2. The van der Waals surface area contributed by atoms with Crippen molar-refractivity contribution >= 4 is 17.8 Å². The van der Waals surface area contributed by atoms with Gasteiger partial charge in [0.1, 0.15) is 19.0 Å². The van der Waals surface area contributed by atoms with E-state index < -0.39 is 6.10 Å². The van der Waals surface area contributed by atoms with Crippen molar-refractivity contribution in [3.05, 3.63) is 78.1 Å². The fourth-order valence-electron chi connectivity index (χ4n) is 3.20. The Balaban J connectivity index is 1.56. The van der Waals surface area contributed by atoms with Crippen molar-refractivity contribution in [2.75, 3.05) is 19.5 Å². The molecule has 1 heterocycles. The number of rotatable bonds is 13. The van der Waals surface area contributed by atoms with E-state index in [-0.39, 0.29) is 6.61 Å². The molecule has 0 radical (unpaired) electrons. The van der Waals surface area contributed by atoms with E-state index >= 15 is 0 Å². The molecule has 1 unspecified atom stereocenters. The molecule has 0 amide bonds. The fourth-order valence-corrected chi connectivity index (χ4v) is 4.07. The lowest BCUT2D eigenvalue weighted by atomic mass is 10.2. The molecule has 2 aromatic carbocycles. The number of aromatic nitrogens is 3. The Bertz CT molecular complexity index is 1110. The maximum atomic E-state index is 10.5. The van der Waals surface area contributed by atoms with E-state index in [1.165, 1.54) is 11.8 Å². The lowest BCUT2D eigenvalue weighted by molar-refractivity contribution is 0.124. The molecular formula is C26H31N3O4S. The third-order valence-electron chi connectivity index (χ3n) is 4.85. The molecule has 0 aliphatic carbocycles. The van der Waals surface area contributed by atoms with E-state index in [4.69, 9.17) is 14.2 Å². The molecule has 0 bridgehead atoms. The third kappa shape index (κ3) is 7.13. The molecular weight excluding hydrogens is 450 g/mol. The van der Waals surface area contributed by atoms with Crippen LogP contribution >= 0.6 is 11.8 Å². The zero-order valence-electron chi connectivity index (χ0n) is 19.8. The first-order valence-electron chi connectivity index (χ1n) is 11.0. The van der Waals surface area contributed by atoms with E-state index in [1.54, 1.807) is 13.2 Å². The highest BCUT2D eigenvalue weighted by Crippen LogP contribution is 2.29. The molecule has 8 heteroatoms. The van der Waals surface area contributed by atoms with Gasteiger partial charge in [-0.25, -0.2) is 0 Å². The van der Waals surface area contributed by atoms with E-state index in [1.807, 2.05) is 73.0 Å². The molecule has 7 nitrogen and oxygen atoms in total. The second-order valence-electron chi connectivity index (χ2n) is 7.59. The average molecular weight is 482 g/mol. The molecule has 0 aliphatic rings. The first-order chi connectivity index (χ1) is 16.5. The summed E-state index contributed by atoms with van der Waals surface area (Å²) in [6, 6.07) is 13.5. The monoisotopic (exact) mass is 481 g/mol. The molecule has 1 N–H and O–H groups in total. The quantitative estimate of drug-likeness (QED) is 0.274. The van der Waals surface area contributed by atoms with Gasteiger partial charge in [-0.05, 0) is 49.2 Å². The van der Waals surface area contributed by atoms with E-state index in [0.717, 1.165) is 16.9 Å². The van der Waals surface area contributed by atoms with Crippen LogP contribution < -0.4 is 14.2 Å². The fraction of sp³-hybridized carbons (Fsp3) is 0.308. The number of aliphatic hydroxyl groups is 1. The minimum atomic E-state index is -0.703. The number of nitrogens with zero attached hydrogens (tertiary/aromatic N) is 3. The zero-order valence-corrected chi connectivity index (χ0v) is 20.6. The number of methoxy groups -OCH3 is 1. The lowest BCUT2D eigenvalue weighted by Crippen LogP contribution is -2.20. The van der Waals surface area contributed by atoms with Gasteiger partial charge in [0.2, 0.25) is 0 Å². The van der Waals surface area contributed by atoms with Crippen molar-refractivity contribution in [1.29, 1.82) is 0 Å². The zero-order chi connectivity index (χ0) is 24.3. The summed E-state index contributed by atoms with van der Waals surface area (Å²) in [5.41, 5.74) is 2.15. The molecule has 0 aliphatic heterocycles. The van der Waals surface area contributed by atoms with Crippen LogP contribution in [0.2, 0.25) is 0 Å². The van der Waals surface area contributed by atoms with Crippen LogP contribution in [-0.2, 0) is 13.2 Å². The first kappa shape index (κ1) is 25.4. The van der Waals surface area contributed by atoms with Crippen molar-refractivity contribution in [3.8, 4) is 17.2 Å². The lowest BCUT2D eigenvalue weighted by Gasteiger charge is -2.15. The Morgan fingerprint density at radius 3 is 2.74 bits per heavy atom. The predicted molar refractivity (Wildman–Crippen MR) is 136 cm³/mol. The molecule has 34 heavy (non-hydrogen) atoms. The Morgan fingerprint density at radius 1 is 1.15 bits per heavy atom. The molecule has 0 saturated carbocycles. The Hall–Kier alpha value is -3.23. The van der Waals surface area contributed by atoms with Gasteiger partial charge in [0.05, 0.1) is 13.2 Å². The molecule has 1 atom stereocenters. The van der Waals surface area contributed by atoms with Crippen LogP contribution in [0, 0.1) is 6.92 Å². The number of allylic oxidation sites excluding steroid dienone is 2. The second-order valence-corrected chi connectivity index (χ2v) is 8.58. The van der Waals surface area contributed by atoms with Gasteiger partial charge in [-0.3, -0.25) is 4.57 Å². The summed E-state index contributed by atoms with van der Waals surface area (Å²) in [5.74, 6) is 3.09. The summed E-state index contributed by atoms with van der Waals surface area (Å²) in [6.07, 6.45) is 5.02. The maximum Gasteiger partial charge on any atom is 0.191 e. The van der Waals surface area contributed by atoms with Gasteiger partial charge in [0.25, 0.3) is 0 Å². The molecule has 0 saturated heterocycles. The van der Waals surface area contributed by atoms with Crippen molar-refractivity contribution in [1.82, 2.24) is 14.8 Å². The van der Waals surface area contributed by atoms with Gasteiger partial charge in [-0.1, -0.05) is 48.2 Å². The minimum Gasteiger partial charge on any atom is -0.493 e. The topological polar surface area (TPSA) is 78.6 Å². The summed E-state index contributed by atoms with van der Waals surface area (Å²) in [4.78, 5) is 0. The van der Waals surface area contributed by atoms with Crippen LogP contribution in [0.4, 0.5) is 0 Å². The summed E-state index contributed by atoms with van der Waals surface area (Å²) in [5, 5.41) is 19.7. The third-order valence-corrected chi connectivity index (χ3v) is 5.96. The SMILES string of the molecule is C=CCn1c(COc2cccc(C)c2)nnc1SCC(O)COc1ccc(/C=C/C)cc1OC. The average Bonchev–Trinajstić information content (AvgIpc) is 3.22. The predicted octanol–water partition coefficient (Wildman–Crippen LogP) is 4.93. The van der Waals surface area contributed by atoms with Crippen LogP contribution in [-0.4, -0.2) is 45.4 Å². The number of thioether (sulfide) groups is 1. The Kier molecular flexibility index (Phi) is 9.61. The second kappa shape index (κ2) is 12.9. The molecule has 1 aromatic heterocycles. The largest absolute Gasteiger partial charge is 0.493 e.